The van der Waals surface area contributed by atoms with Gasteiger partial charge in [-0.15, -0.1) is 0 Å². The Morgan fingerprint density at radius 3 is 2.39 bits per heavy atom. The van der Waals surface area contributed by atoms with E-state index in [1.165, 1.54) is 12.1 Å². The van der Waals surface area contributed by atoms with Crippen LogP contribution in [0.25, 0.3) is 0 Å². The van der Waals surface area contributed by atoms with E-state index in [1.54, 1.807) is 31.3 Å². The van der Waals surface area contributed by atoms with E-state index in [2.05, 4.69) is 0 Å². The highest BCUT2D eigenvalue weighted by molar-refractivity contribution is 5.81. The maximum Gasteiger partial charge on any atom is 0.410 e. The molecule has 1 fully saturated rings. The number of rotatable bonds is 9. The molecule has 1 aromatic rings. The summed E-state index contributed by atoms with van der Waals surface area (Å²) < 4.78 is 29.8. The highest BCUT2D eigenvalue weighted by atomic mass is 19.1. The van der Waals surface area contributed by atoms with Crippen LogP contribution in [-0.2, 0) is 25.4 Å². The topological polar surface area (TPSA) is 65.1 Å². The van der Waals surface area contributed by atoms with Crippen LogP contribution in [-0.4, -0.2) is 61.4 Å². The van der Waals surface area contributed by atoms with Crippen LogP contribution in [0.15, 0.2) is 24.3 Å². The van der Waals surface area contributed by atoms with Gasteiger partial charge in [0.25, 0.3) is 0 Å². The van der Waals surface area contributed by atoms with Crippen LogP contribution < -0.4 is 0 Å². The fourth-order valence-electron chi connectivity index (χ4n) is 4.06. The van der Waals surface area contributed by atoms with Gasteiger partial charge in [0, 0.05) is 26.6 Å². The summed E-state index contributed by atoms with van der Waals surface area (Å²) in [6, 6.07) is 6.03. The van der Waals surface area contributed by atoms with E-state index in [1.807, 2.05) is 27.7 Å². The number of carbonyl (C=O) groups excluding carboxylic acids is 2. The van der Waals surface area contributed by atoms with Crippen LogP contribution in [0.2, 0.25) is 0 Å². The number of ketones is 1. The van der Waals surface area contributed by atoms with Crippen molar-refractivity contribution in [3.63, 3.8) is 0 Å². The SMILES string of the molecule is CO[C@@H]1CC([C@H](OC)[C@@H](C)C(=O)CCCc2ccc(F)cc2)N(C(=O)OC(C)(C)C)C1. The minimum Gasteiger partial charge on any atom is -0.444 e. The number of carbonyl (C=O) groups is 2. The number of Topliss-reactive ketones (excluding diaryl/α,β-unsaturated/α-hetero) is 1. The molecule has 0 saturated carbocycles. The molecule has 0 aromatic heterocycles. The molecule has 31 heavy (non-hydrogen) atoms. The Morgan fingerprint density at radius 2 is 1.84 bits per heavy atom. The van der Waals surface area contributed by atoms with Crippen molar-refractivity contribution in [2.45, 2.75) is 77.2 Å². The highest BCUT2D eigenvalue weighted by Crippen LogP contribution is 2.30. The normalized spacial score (nSPS) is 21.1. The molecule has 1 aliphatic heterocycles. The third-order valence-corrected chi connectivity index (χ3v) is 5.72. The Balaban J connectivity index is 2.01. The van der Waals surface area contributed by atoms with E-state index in [4.69, 9.17) is 14.2 Å². The Kier molecular flexibility index (Phi) is 9.01. The smallest absolute Gasteiger partial charge is 0.410 e. The lowest BCUT2D eigenvalue weighted by Gasteiger charge is -2.34. The van der Waals surface area contributed by atoms with Gasteiger partial charge in [-0.1, -0.05) is 19.1 Å². The second kappa shape index (κ2) is 11.0. The monoisotopic (exact) mass is 437 g/mol. The van der Waals surface area contributed by atoms with Gasteiger partial charge in [0.2, 0.25) is 0 Å². The number of ether oxygens (including phenoxy) is 3. The van der Waals surface area contributed by atoms with Crippen molar-refractivity contribution in [3.05, 3.63) is 35.6 Å². The van der Waals surface area contributed by atoms with Crippen LogP contribution in [0, 0.1) is 11.7 Å². The molecule has 1 aliphatic rings. The number of likely N-dealkylation sites (tertiary alicyclic amines) is 1. The fourth-order valence-corrected chi connectivity index (χ4v) is 4.06. The summed E-state index contributed by atoms with van der Waals surface area (Å²) >= 11 is 0. The summed E-state index contributed by atoms with van der Waals surface area (Å²) in [5.41, 5.74) is 0.386. The van der Waals surface area contributed by atoms with Gasteiger partial charge in [-0.2, -0.15) is 0 Å². The van der Waals surface area contributed by atoms with E-state index in [0.717, 1.165) is 5.56 Å². The second-order valence-electron chi connectivity index (χ2n) is 9.23. The largest absolute Gasteiger partial charge is 0.444 e. The van der Waals surface area contributed by atoms with Crippen LogP contribution >= 0.6 is 0 Å². The zero-order chi connectivity index (χ0) is 23.2. The molecule has 174 valence electrons. The van der Waals surface area contributed by atoms with Crippen LogP contribution in [0.3, 0.4) is 0 Å². The number of benzene rings is 1. The summed E-state index contributed by atoms with van der Waals surface area (Å²) in [6.07, 6.45) is 1.35. The molecule has 0 N–H and O–H groups in total. The number of nitrogens with zero attached hydrogens (tertiary/aromatic N) is 1. The molecule has 6 nitrogen and oxygen atoms in total. The molecule has 0 bridgehead atoms. The molecule has 0 aliphatic carbocycles. The first-order valence-corrected chi connectivity index (χ1v) is 10.9. The van der Waals surface area contributed by atoms with Gasteiger partial charge in [-0.25, -0.2) is 9.18 Å². The number of amides is 1. The molecule has 0 radical (unpaired) electrons. The standard InChI is InChI=1S/C24H36FNO5/c1-16(21(27)9-7-8-17-10-12-18(25)13-11-17)22(30-6)20-14-19(29-5)15-26(20)23(28)31-24(2,3)4/h10-13,16,19-20,22H,7-9,14-15H2,1-6H3/t16-,19+,20?,22+/m0/s1. The first kappa shape index (κ1) is 25.3. The molecule has 1 unspecified atom stereocenters. The zero-order valence-corrected chi connectivity index (χ0v) is 19.5. The van der Waals surface area contributed by atoms with Gasteiger partial charge in [-0.3, -0.25) is 9.69 Å². The summed E-state index contributed by atoms with van der Waals surface area (Å²) in [6.45, 7) is 7.73. The lowest BCUT2D eigenvalue weighted by molar-refractivity contribution is -0.128. The number of hydrogen-bond donors (Lipinski definition) is 0. The van der Waals surface area contributed by atoms with Crippen molar-refractivity contribution in [1.29, 1.82) is 0 Å². The lowest BCUT2D eigenvalue weighted by Crippen LogP contribution is -2.49. The van der Waals surface area contributed by atoms with E-state index in [-0.39, 0.29) is 29.7 Å². The van der Waals surface area contributed by atoms with Crippen molar-refractivity contribution in [2.24, 2.45) is 5.92 Å². The molecule has 1 aromatic carbocycles. The first-order chi connectivity index (χ1) is 14.6. The van der Waals surface area contributed by atoms with Crippen LogP contribution in [0.4, 0.5) is 9.18 Å². The maximum absolute atomic E-state index is 13.0. The van der Waals surface area contributed by atoms with Crippen molar-refractivity contribution < 1.29 is 28.2 Å². The molecule has 1 heterocycles. The summed E-state index contributed by atoms with van der Waals surface area (Å²) in [7, 11) is 3.19. The minimum absolute atomic E-state index is 0.0824. The third kappa shape index (κ3) is 7.28. The summed E-state index contributed by atoms with van der Waals surface area (Å²) in [5, 5.41) is 0. The number of methoxy groups -OCH3 is 2. The third-order valence-electron chi connectivity index (χ3n) is 5.72. The van der Waals surface area contributed by atoms with Crippen molar-refractivity contribution >= 4 is 11.9 Å². The van der Waals surface area contributed by atoms with Crippen molar-refractivity contribution in [2.75, 3.05) is 20.8 Å². The molecule has 2 rings (SSSR count). The Morgan fingerprint density at radius 1 is 1.19 bits per heavy atom. The Hall–Kier alpha value is -1.99. The molecule has 1 saturated heterocycles. The predicted octanol–water partition coefficient (Wildman–Crippen LogP) is 4.39. The molecule has 0 spiro atoms. The van der Waals surface area contributed by atoms with Gasteiger partial charge >= 0.3 is 6.09 Å². The average molecular weight is 438 g/mol. The van der Waals surface area contributed by atoms with Crippen LogP contribution in [0.1, 0.15) is 52.5 Å². The predicted molar refractivity (Wildman–Crippen MR) is 116 cm³/mol. The van der Waals surface area contributed by atoms with E-state index < -0.39 is 17.8 Å². The number of hydrogen-bond acceptors (Lipinski definition) is 5. The van der Waals surface area contributed by atoms with E-state index in [9.17, 15) is 14.0 Å². The summed E-state index contributed by atoms with van der Waals surface area (Å²) in [4.78, 5) is 27.3. The van der Waals surface area contributed by atoms with Gasteiger partial charge in [0.15, 0.2) is 0 Å². The van der Waals surface area contributed by atoms with Crippen molar-refractivity contribution in [3.8, 4) is 0 Å². The summed E-state index contributed by atoms with van der Waals surface area (Å²) in [5.74, 6) is -0.570. The fraction of sp³-hybridized carbons (Fsp3) is 0.667. The minimum atomic E-state index is -0.614. The molecule has 7 heteroatoms. The molecule has 1 amide bonds. The van der Waals surface area contributed by atoms with Gasteiger partial charge in [0.05, 0.1) is 24.8 Å². The first-order valence-electron chi connectivity index (χ1n) is 10.9. The van der Waals surface area contributed by atoms with Crippen molar-refractivity contribution in [1.82, 2.24) is 4.90 Å². The van der Waals surface area contributed by atoms with Gasteiger partial charge in [-0.05, 0) is 57.7 Å². The Labute approximate surface area is 185 Å². The molecular weight excluding hydrogens is 401 g/mol. The second-order valence-corrected chi connectivity index (χ2v) is 9.23. The lowest BCUT2D eigenvalue weighted by atomic mass is 9.89. The number of halogens is 1. The van der Waals surface area contributed by atoms with Crippen LogP contribution in [0.5, 0.6) is 0 Å². The highest BCUT2D eigenvalue weighted by Gasteiger charge is 2.44. The molecular formula is C24H36FNO5. The average Bonchev–Trinajstić information content (AvgIpc) is 3.13. The zero-order valence-electron chi connectivity index (χ0n) is 19.5. The van der Waals surface area contributed by atoms with Gasteiger partial charge < -0.3 is 14.2 Å². The van der Waals surface area contributed by atoms with E-state index >= 15 is 0 Å². The van der Waals surface area contributed by atoms with E-state index in [0.29, 0.717) is 32.2 Å². The quantitative estimate of drug-likeness (QED) is 0.573. The maximum atomic E-state index is 13.0. The number of aryl methyl sites for hydroxylation is 1. The van der Waals surface area contributed by atoms with Gasteiger partial charge in [0.1, 0.15) is 17.2 Å². The molecule has 4 atom stereocenters. The Bertz CT molecular complexity index is 730.